The molecular weight excluding hydrogens is 210 g/mol. The van der Waals surface area contributed by atoms with Crippen molar-refractivity contribution in [3.05, 3.63) is 34.9 Å². The van der Waals surface area contributed by atoms with E-state index in [0.717, 1.165) is 19.3 Å². The summed E-state index contributed by atoms with van der Waals surface area (Å²) in [5.41, 5.74) is 10.0. The average molecular weight is 233 g/mol. The van der Waals surface area contributed by atoms with Crippen LogP contribution < -0.4 is 5.73 Å². The van der Waals surface area contributed by atoms with E-state index in [1.54, 1.807) is 0 Å². The van der Waals surface area contributed by atoms with Crippen LogP contribution in [0.5, 0.6) is 0 Å². The van der Waals surface area contributed by atoms with Gasteiger partial charge < -0.3 is 10.5 Å². The minimum atomic E-state index is 0.242. The van der Waals surface area contributed by atoms with Crippen LogP contribution in [0.2, 0.25) is 0 Å². The highest BCUT2D eigenvalue weighted by Crippen LogP contribution is 2.22. The second-order valence-corrected chi connectivity index (χ2v) is 5.06. The monoisotopic (exact) mass is 233 g/mol. The van der Waals surface area contributed by atoms with Gasteiger partial charge in [0, 0.05) is 6.04 Å². The molecule has 2 N–H and O–H groups in total. The highest BCUT2D eigenvalue weighted by atomic mass is 16.5. The van der Waals surface area contributed by atoms with Crippen LogP contribution in [0.15, 0.2) is 18.2 Å². The largest absolute Gasteiger partial charge is 0.372 e. The molecule has 0 amide bonds. The number of rotatable bonds is 4. The molecule has 17 heavy (non-hydrogen) atoms. The molecule has 2 nitrogen and oxygen atoms in total. The van der Waals surface area contributed by atoms with Gasteiger partial charge in [0.25, 0.3) is 0 Å². The highest BCUT2D eigenvalue weighted by Gasteiger charge is 2.24. The maximum absolute atomic E-state index is 5.99. The lowest BCUT2D eigenvalue weighted by molar-refractivity contribution is 0.0357. The molecule has 0 unspecified atom stereocenters. The van der Waals surface area contributed by atoms with Gasteiger partial charge in [0.05, 0.1) is 12.7 Å². The maximum Gasteiger partial charge on any atom is 0.0730 e. The molecule has 1 aliphatic carbocycles. The molecule has 1 aromatic carbocycles. The minimum absolute atomic E-state index is 0.242. The van der Waals surface area contributed by atoms with Crippen LogP contribution in [-0.2, 0) is 17.8 Å². The smallest absolute Gasteiger partial charge is 0.0730 e. The van der Waals surface area contributed by atoms with Crippen LogP contribution in [0.25, 0.3) is 0 Å². The number of hydrogen-bond donors (Lipinski definition) is 1. The molecule has 1 aliphatic rings. The second kappa shape index (κ2) is 5.65. The first kappa shape index (κ1) is 12.6. The van der Waals surface area contributed by atoms with Crippen LogP contribution in [-0.4, -0.2) is 12.1 Å². The molecule has 2 atom stereocenters. The minimum Gasteiger partial charge on any atom is -0.372 e. The van der Waals surface area contributed by atoms with Gasteiger partial charge in [-0.2, -0.15) is 0 Å². The molecule has 0 radical (unpaired) electrons. The zero-order valence-corrected chi connectivity index (χ0v) is 10.9. The zero-order chi connectivity index (χ0) is 12.3. The quantitative estimate of drug-likeness (QED) is 0.867. The Morgan fingerprint density at radius 3 is 2.76 bits per heavy atom. The summed E-state index contributed by atoms with van der Waals surface area (Å²) in [4.78, 5) is 0. The van der Waals surface area contributed by atoms with Crippen molar-refractivity contribution in [1.29, 1.82) is 0 Å². The summed E-state index contributed by atoms with van der Waals surface area (Å²) < 4.78 is 5.90. The Morgan fingerprint density at radius 2 is 2.18 bits per heavy atom. The van der Waals surface area contributed by atoms with E-state index in [0.29, 0.717) is 6.61 Å². The topological polar surface area (TPSA) is 35.2 Å². The van der Waals surface area contributed by atoms with Crippen molar-refractivity contribution in [3.63, 3.8) is 0 Å². The highest BCUT2D eigenvalue weighted by molar-refractivity contribution is 5.30. The second-order valence-electron chi connectivity index (χ2n) is 5.06. The Labute approximate surface area is 104 Å². The predicted octanol–water partition coefficient (Wildman–Crippen LogP) is 2.95. The molecule has 0 aliphatic heterocycles. The Morgan fingerprint density at radius 1 is 1.35 bits per heavy atom. The van der Waals surface area contributed by atoms with Crippen molar-refractivity contribution >= 4 is 0 Å². The van der Waals surface area contributed by atoms with E-state index in [1.807, 2.05) is 0 Å². The SMILES string of the molecule is CCc1ccc(CO[C@H]2CCC[C@@H]2N)cc1C. The van der Waals surface area contributed by atoms with E-state index >= 15 is 0 Å². The average Bonchev–Trinajstić information content (AvgIpc) is 2.72. The molecular formula is C15H23NO. The summed E-state index contributed by atoms with van der Waals surface area (Å²) in [7, 11) is 0. The summed E-state index contributed by atoms with van der Waals surface area (Å²) in [5, 5.41) is 0. The number of hydrogen-bond acceptors (Lipinski definition) is 2. The van der Waals surface area contributed by atoms with Gasteiger partial charge in [-0.1, -0.05) is 25.1 Å². The maximum atomic E-state index is 5.99. The van der Waals surface area contributed by atoms with Crippen molar-refractivity contribution < 1.29 is 4.74 Å². The van der Waals surface area contributed by atoms with Crippen molar-refractivity contribution in [1.82, 2.24) is 0 Å². The number of benzene rings is 1. The number of aryl methyl sites for hydroxylation is 2. The van der Waals surface area contributed by atoms with Gasteiger partial charge in [-0.25, -0.2) is 0 Å². The van der Waals surface area contributed by atoms with E-state index in [-0.39, 0.29) is 12.1 Å². The summed E-state index contributed by atoms with van der Waals surface area (Å²) in [6.07, 6.45) is 4.80. The van der Waals surface area contributed by atoms with Crippen LogP contribution in [0.1, 0.15) is 42.9 Å². The molecule has 2 heteroatoms. The third-order valence-electron chi connectivity index (χ3n) is 3.76. The van der Waals surface area contributed by atoms with Gasteiger partial charge in [0.2, 0.25) is 0 Å². The van der Waals surface area contributed by atoms with Gasteiger partial charge in [-0.05, 0) is 49.3 Å². The third kappa shape index (κ3) is 3.08. The molecule has 0 heterocycles. The predicted molar refractivity (Wildman–Crippen MR) is 71.0 cm³/mol. The lowest BCUT2D eigenvalue weighted by Crippen LogP contribution is -2.31. The molecule has 0 spiro atoms. The van der Waals surface area contributed by atoms with Crippen LogP contribution in [0.3, 0.4) is 0 Å². The van der Waals surface area contributed by atoms with Gasteiger partial charge in [-0.3, -0.25) is 0 Å². The normalized spacial score (nSPS) is 24.2. The molecule has 1 fully saturated rings. The van der Waals surface area contributed by atoms with Crippen LogP contribution in [0.4, 0.5) is 0 Å². The summed E-state index contributed by atoms with van der Waals surface area (Å²) in [6, 6.07) is 6.86. The van der Waals surface area contributed by atoms with Gasteiger partial charge in [-0.15, -0.1) is 0 Å². The van der Waals surface area contributed by atoms with Crippen molar-refractivity contribution in [3.8, 4) is 0 Å². The van der Waals surface area contributed by atoms with Gasteiger partial charge in [0.1, 0.15) is 0 Å². The first-order valence-electron chi connectivity index (χ1n) is 6.66. The van der Waals surface area contributed by atoms with Gasteiger partial charge >= 0.3 is 0 Å². The van der Waals surface area contributed by atoms with E-state index in [2.05, 4.69) is 32.0 Å². The fourth-order valence-corrected chi connectivity index (χ4v) is 2.61. The molecule has 0 bridgehead atoms. The Balaban J connectivity index is 1.92. The Kier molecular flexibility index (Phi) is 4.19. The lowest BCUT2D eigenvalue weighted by atomic mass is 10.0. The Bertz CT molecular complexity index is 375. The van der Waals surface area contributed by atoms with E-state index in [9.17, 15) is 0 Å². The van der Waals surface area contributed by atoms with Crippen molar-refractivity contribution in [2.75, 3.05) is 0 Å². The first-order chi connectivity index (χ1) is 8.20. The van der Waals surface area contributed by atoms with Gasteiger partial charge in [0.15, 0.2) is 0 Å². The fourth-order valence-electron chi connectivity index (χ4n) is 2.61. The zero-order valence-electron chi connectivity index (χ0n) is 10.9. The van der Waals surface area contributed by atoms with E-state index < -0.39 is 0 Å². The molecule has 0 aromatic heterocycles. The fraction of sp³-hybridized carbons (Fsp3) is 0.600. The standard InChI is InChI=1S/C15H23NO/c1-3-13-8-7-12(9-11(13)2)10-17-15-6-4-5-14(15)16/h7-9,14-15H,3-6,10,16H2,1-2H3/t14-,15-/m0/s1. The molecule has 1 aromatic rings. The van der Waals surface area contributed by atoms with E-state index in [4.69, 9.17) is 10.5 Å². The molecule has 2 rings (SSSR count). The summed E-state index contributed by atoms with van der Waals surface area (Å²) in [6.45, 7) is 5.06. The molecule has 1 saturated carbocycles. The van der Waals surface area contributed by atoms with Crippen molar-refractivity contribution in [2.45, 2.75) is 58.3 Å². The van der Waals surface area contributed by atoms with Crippen molar-refractivity contribution in [2.24, 2.45) is 5.73 Å². The third-order valence-corrected chi connectivity index (χ3v) is 3.76. The van der Waals surface area contributed by atoms with E-state index in [1.165, 1.54) is 23.1 Å². The summed E-state index contributed by atoms with van der Waals surface area (Å²) >= 11 is 0. The number of ether oxygens (including phenoxy) is 1. The lowest BCUT2D eigenvalue weighted by Gasteiger charge is -2.16. The van der Waals surface area contributed by atoms with Crippen LogP contribution in [0, 0.1) is 6.92 Å². The first-order valence-corrected chi connectivity index (χ1v) is 6.66. The molecule has 0 saturated heterocycles. The Hall–Kier alpha value is -0.860. The number of nitrogens with two attached hydrogens (primary N) is 1. The summed E-state index contributed by atoms with van der Waals surface area (Å²) in [5.74, 6) is 0. The molecule has 94 valence electrons. The van der Waals surface area contributed by atoms with Crippen LogP contribution >= 0.6 is 0 Å².